The molecule has 126 valence electrons. The number of nitrogens with zero attached hydrogens (tertiary/aromatic N) is 2. The Hall–Kier alpha value is -1.87. The molecule has 0 N–H and O–H groups in total. The van der Waals surface area contributed by atoms with Crippen molar-refractivity contribution in [1.82, 2.24) is 9.47 Å². The van der Waals surface area contributed by atoms with Crippen LogP contribution < -0.4 is 5.56 Å². The lowest BCUT2D eigenvalue weighted by Gasteiger charge is -2.42. The molecule has 4 rings (SSSR count). The Morgan fingerprint density at radius 3 is 2.71 bits per heavy atom. The van der Waals surface area contributed by atoms with E-state index in [2.05, 4.69) is 42.2 Å². The Morgan fingerprint density at radius 1 is 1.04 bits per heavy atom. The highest BCUT2D eigenvalue weighted by molar-refractivity contribution is 5.21. The summed E-state index contributed by atoms with van der Waals surface area (Å²) in [6, 6.07) is 14.7. The maximum Gasteiger partial charge on any atom is 0.250 e. The van der Waals surface area contributed by atoms with Crippen LogP contribution in [0.1, 0.15) is 35.6 Å². The first-order chi connectivity index (χ1) is 11.7. The smallest absolute Gasteiger partial charge is 0.250 e. The van der Waals surface area contributed by atoms with Gasteiger partial charge in [-0.2, -0.15) is 0 Å². The van der Waals surface area contributed by atoms with Crippen molar-refractivity contribution in [3.05, 3.63) is 69.6 Å². The summed E-state index contributed by atoms with van der Waals surface area (Å²) >= 11 is 0. The highest BCUT2D eigenvalue weighted by atomic mass is 16.1. The van der Waals surface area contributed by atoms with Crippen molar-refractivity contribution in [2.45, 2.75) is 38.6 Å². The second-order valence-corrected chi connectivity index (χ2v) is 7.55. The molecule has 2 atom stereocenters. The summed E-state index contributed by atoms with van der Waals surface area (Å²) in [5.74, 6) is 1.17. The van der Waals surface area contributed by atoms with Gasteiger partial charge in [-0.25, -0.2) is 0 Å². The molecule has 2 aromatic rings. The third-order valence-electron chi connectivity index (χ3n) is 5.62. The number of fused-ring (bicyclic) bond motifs is 4. The predicted molar refractivity (Wildman–Crippen MR) is 97.5 cm³/mol. The van der Waals surface area contributed by atoms with Crippen LogP contribution in [0.3, 0.4) is 0 Å². The third-order valence-corrected chi connectivity index (χ3v) is 5.62. The number of aromatic nitrogens is 1. The van der Waals surface area contributed by atoms with E-state index in [0.29, 0.717) is 11.8 Å². The molecule has 1 fully saturated rings. The van der Waals surface area contributed by atoms with Gasteiger partial charge in [0.15, 0.2) is 0 Å². The predicted octanol–water partition coefficient (Wildman–Crippen LogP) is 3.21. The lowest BCUT2D eigenvalue weighted by molar-refractivity contribution is 0.119. The molecule has 0 aliphatic carbocycles. The van der Waals surface area contributed by atoms with Crippen LogP contribution in [0.25, 0.3) is 0 Å². The van der Waals surface area contributed by atoms with Crippen molar-refractivity contribution in [2.75, 3.05) is 19.6 Å². The molecule has 1 aromatic carbocycles. The Kier molecular flexibility index (Phi) is 4.28. The number of piperidine rings is 1. The van der Waals surface area contributed by atoms with E-state index in [9.17, 15) is 4.79 Å². The maximum absolute atomic E-state index is 12.1. The van der Waals surface area contributed by atoms with Crippen molar-refractivity contribution in [3.63, 3.8) is 0 Å². The molecular weight excluding hydrogens is 296 g/mol. The summed E-state index contributed by atoms with van der Waals surface area (Å²) in [6.45, 7) is 6.45. The average Bonchev–Trinajstić information content (AvgIpc) is 2.58. The molecule has 1 saturated heterocycles. The van der Waals surface area contributed by atoms with Crippen LogP contribution in [0, 0.1) is 12.8 Å². The fourth-order valence-corrected chi connectivity index (χ4v) is 4.44. The second kappa shape index (κ2) is 6.56. The van der Waals surface area contributed by atoms with E-state index in [1.807, 2.05) is 10.6 Å². The minimum atomic E-state index is 0.176. The topological polar surface area (TPSA) is 25.2 Å². The zero-order valence-electron chi connectivity index (χ0n) is 14.4. The molecule has 1 aromatic heterocycles. The Morgan fingerprint density at radius 2 is 1.88 bits per heavy atom. The van der Waals surface area contributed by atoms with Crippen molar-refractivity contribution < 1.29 is 0 Å². The summed E-state index contributed by atoms with van der Waals surface area (Å²) in [6.07, 6.45) is 3.62. The number of benzene rings is 1. The fourth-order valence-electron chi connectivity index (χ4n) is 4.44. The first kappa shape index (κ1) is 15.6. The molecule has 3 heteroatoms. The SMILES string of the molecule is Cc1ccc(CCCN2C[C@@H]3C[C@H](C2)c2cccc(=O)n2C3)cc1. The molecule has 0 amide bonds. The lowest BCUT2D eigenvalue weighted by atomic mass is 9.83. The van der Waals surface area contributed by atoms with E-state index in [1.54, 1.807) is 6.07 Å². The van der Waals surface area contributed by atoms with Gasteiger partial charge in [-0.3, -0.25) is 4.79 Å². The molecule has 3 heterocycles. The number of rotatable bonds is 4. The standard InChI is InChI=1S/C21H26N2O/c1-16-7-9-17(10-8-16)4-3-11-22-13-18-12-19(15-22)20-5-2-6-21(24)23(20)14-18/h2,5-10,18-19H,3-4,11-15H2,1H3/t18-,19+/m0/s1. The van der Waals surface area contributed by atoms with Crippen LogP contribution in [-0.4, -0.2) is 29.1 Å². The van der Waals surface area contributed by atoms with Crippen LogP contribution in [0.4, 0.5) is 0 Å². The highest BCUT2D eigenvalue weighted by Crippen LogP contribution is 2.34. The third kappa shape index (κ3) is 3.18. The molecule has 0 unspecified atom stereocenters. The molecule has 0 saturated carbocycles. The van der Waals surface area contributed by atoms with Crippen molar-refractivity contribution in [1.29, 1.82) is 0 Å². The zero-order valence-corrected chi connectivity index (χ0v) is 14.4. The summed E-state index contributed by atoms with van der Waals surface area (Å²) in [7, 11) is 0. The van der Waals surface area contributed by atoms with Crippen LogP contribution in [-0.2, 0) is 13.0 Å². The van der Waals surface area contributed by atoms with E-state index in [1.165, 1.54) is 29.7 Å². The molecule has 2 aliphatic heterocycles. The zero-order chi connectivity index (χ0) is 16.5. The van der Waals surface area contributed by atoms with E-state index in [4.69, 9.17) is 0 Å². The quantitative estimate of drug-likeness (QED) is 0.863. The Bertz CT molecular complexity index is 762. The normalized spacial score (nSPS) is 23.0. The largest absolute Gasteiger partial charge is 0.312 e. The van der Waals surface area contributed by atoms with Gasteiger partial charge in [0.1, 0.15) is 0 Å². The monoisotopic (exact) mass is 322 g/mol. The van der Waals surface area contributed by atoms with E-state index < -0.39 is 0 Å². The molecule has 0 spiro atoms. The minimum Gasteiger partial charge on any atom is -0.312 e. The maximum atomic E-state index is 12.1. The molecular formula is C21H26N2O. The van der Waals surface area contributed by atoms with Crippen molar-refractivity contribution in [3.8, 4) is 0 Å². The van der Waals surface area contributed by atoms with Gasteiger partial charge in [0.2, 0.25) is 0 Å². The van der Waals surface area contributed by atoms with Crippen molar-refractivity contribution in [2.24, 2.45) is 5.92 Å². The summed E-state index contributed by atoms with van der Waals surface area (Å²) in [5.41, 5.74) is 4.20. The fraction of sp³-hybridized carbons (Fsp3) is 0.476. The van der Waals surface area contributed by atoms with Crippen molar-refractivity contribution >= 4 is 0 Å². The number of hydrogen-bond donors (Lipinski definition) is 0. The lowest BCUT2D eigenvalue weighted by Crippen LogP contribution is -2.47. The van der Waals surface area contributed by atoms with Gasteiger partial charge in [-0.05, 0) is 50.3 Å². The minimum absolute atomic E-state index is 0.176. The number of aryl methyl sites for hydroxylation is 2. The summed E-state index contributed by atoms with van der Waals surface area (Å²) in [4.78, 5) is 14.7. The number of likely N-dealkylation sites (tertiary alicyclic amines) is 1. The Balaban J connectivity index is 1.37. The summed E-state index contributed by atoms with van der Waals surface area (Å²) in [5, 5.41) is 0. The molecule has 2 bridgehead atoms. The van der Waals surface area contributed by atoms with Crippen LogP contribution in [0.2, 0.25) is 0 Å². The van der Waals surface area contributed by atoms with Crippen LogP contribution >= 0.6 is 0 Å². The van der Waals surface area contributed by atoms with Gasteiger partial charge in [-0.15, -0.1) is 0 Å². The Labute approximate surface area is 143 Å². The van der Waals surface area contributed by atoms with E-state index in [-0.39, 0.29) is 5.56 Å². The highest BCUT2D eigenvalue weighted by Gasteiger charge is 2.33. The number of hydrogen-bond acceptors (Lipinski definition) is 2. The second-order valence-electron chi connectivity index (χ2n) is 7.55. The van der Waals surface area contributed by atoms with Gasteiger partial charge >= 0.3 is 0 Å². The average molecular weight is 322 g/mol. The number of pyridine rings is 1. The molecule has 24 heavy (non-hydrogen) atoms. The first-order valence-electron chi connectivity index (χ1n) is 9.17. The van der Waals surface area contributed by atoms with Crippen LogP contribution in [0.15, 0.2) is 47.3 Å². The summed E-state index contributed by atoms with van der Waals surface area (Å²) < 4.78 is 2.02. The molecule has 2 aliphatic rings. The first-order valence-corrected chi connectivity index (χ1v) is 9.17. The van der Waals surface area contributed by atoms with Gasteiger partial charge in [0.25, 0.3) is 5.56 Å². The van der Waals surface area contributed by atoms with E-state index in [0.717, 1.165) is 32.6 Å². The van der Waals surface area contributed by atoms with Crippen LogP contribution in [0.5, 0.6) is 0 Å². The van der Waals surface area contributed by atoms with Gasteiger partial charge < -0.3 is 9.47 Å². The van der Waals surface area contributed by atoms with Gasteiger partial charge in [0.05, 0.1) is 0 Å². The van der Waals surface area contributed by atoms with E-state index >= 15 is 0 Å². The molecule has 3 nitrogen and oxygen atoms in total. The van der Waals surface area contributed by atoms with Gasteiger partial charge in [0, 0.05) is 37.3 Å². The molecule has 0 radical (unpaired) electrons. The van der Waals surface area contributed by atoms with Gasteiger partial charge in [-0.1, -0.05) is 35.9 Å².